The fourth-order valence-corrected chi connectivity index (χ4v) is 4.66. The first kappa shape index (κ1) is 23.4. The number of ether oxygens (including phenoxy) is 1. The fourth-order valence-electron chi connectivity index (χ4n) is 4.66. The van der Waals surface area contributed by atoms with E-state index in [1.54, 1.807) is 0 Å². The Morgan fingerprint density at radius 3 is 2.36 bits per heavy atom. The predicted molar refractivity (Wildman–Crippen MR) is 125 cm³/mol. The van der Waals surface area contributed by atoms with Crippen molar-refractivity contribution in [3.63, 3.8) is 0 Å². The van der Waals surface area contributed by atoms with Gasteiger partial charge in [0.25, 0.3) is 0 Å². The average molecular weight is 453 g/mol. The van der Waals surface area contributed by atoms with Crippen LogP contribution in [0.1, 0.15) is 24.8 Å². The molecule has 5 N–H and O–H groups in total. The number of benzene rings is 2. The number of amides is 1. The maximum atomic E-state index is 12.8. The largest absolute Gasteiger partial charge is 0.481 e. The Labute approximate surface area is 194 Å². The maximum Gasteiger partial charge on any atom is 0.306 e. The molecular weight excluding hydrogens is 420 g/mol. The van der Waals surface area contributed by atoms with Gasteiger partial charge in [-0.15, -0.1) is 0 Å². The number of rotatable bonds is 9. The van der Waals surface area contributed by atoms with E-state index in [9.17, 15) is 14.7 Å². The summed E-state index contributed by atoms with van der Waals surface area (Å²) >= 11 is 0. The molecule has 2 aliphatic heterocycles. The van der Waals surface area contributed by atoms with Crippen LogP contribution in [0.4, 0.5) is 0 Å². The molecule has 2 fully saturated rings. The Hall–Kier alpha value is -2.78. The normalized spacial score (nSPS) is 20.8. The van der Waals surface area contributed by atoms with Crippen LogP contribution < -0.4 is 21.7 Å². The van der Waals surface area contributed by atoms with Gasteiger partial charge in [-0.05, 0) is 48.3 Å². The van der Waals surface area contributed by atoms with Crippen molar-refractivity contribution in [1.29, 1.82) is 0 Å². The molecule has 176 valence electrons. The van der Waals surface area contributed by atoms with Crippen molar-refractivity contribution in [3.05, 3.63) is 60.2 Å². The number of aliphatic carboxylic acids is 1. The van der Waals surface area contributed by atoms with E-state index in [0.29, 0.717) is 32.6 Å². The second-order valence-electron chi connectivity index (χ2n) is 8.81. The van der Waals surface area contributed by atoms with Gasteiger partial charge in [0.1, 0.15) is 6.04 Å². The third kappa shape index (κ3) is 6.39. The lowest BCUT2D eigenvalue weighted by atomic mass is 9.81. The van der Waals surface area contributed by atoms with Crippen LogP contribution in [0.15, 0.2) is 54.6 Å². The van der Waals surface area contributed by atoms with Crippen molar-refractivity contribution in [3.8, 4) is 11.1 Å². The molecule has 4 rings (SSSR count). The predicted octanol–water partition coefficient (Wildman–Crippen LogP) is 1.88. The second-order valence-corrected chi connectivity index (χ2v) is 8.81. The second kappa shape index (κ2) is 11.4. The van der Waals surface area contributed by atoms with Gasteiger partial charge < -0.3 is 15.2 Å². The van der Waals surface area contributed by atoms with Crippen LogP contribution in [-0.2, 0) is 20.7 Å². The molecule has 0 bridgehead atoms. The number of carbonyl (C=O) groups is 2. The Morgan fingerprint density at radius 2 is 1.73 bits per heavy atom. The van der Waals surface area contributed by atoms with Gasteiger partial charge in [-0.25, -0.2) is 10.9 Å². The highest BCUT2D eigenvalue weighted by Gasteiger charge is 2.33. The van der Waals surface area contributed by atoms with Crippen LogP contribution in [0.5, 0.6) is 0 Å². The summed E-state index contributed by atoms with van der Waals surface area (Å²) in [6.07, 6.45) is 2.43. The molecular formula is C25H32N4O4. The third-order valence-corrected chi connectivity index (χ3v) is 6.54. The number of carboxylic acids is 1. The van der Waals surface area contributed by atoms with E-state index in [2.05, 4.69) is 58.1 Å². The van der Waals surface area contributed by atoms with Gasteiger partial charge in [0, 0.05) is 25.8 Å². The van der Waals surface area contributed by atoms with E-state index in [-0.39, 0.29) is 17.9 Å². The van der Waals surface area contributed by atoms with Crippen LogP contribution in [0.2, 0.25) is 0 Å². The van der Waals surface area contributed by atoms with Crippen LogP contribution in [0.25, 0.3) is 11.1 Å². The Kier molecular flexibility index (Phi) is 8.06. The molecule has 0 aromatic heterocycles. The smallest absolute Gasteiger partial charge is 0.306 e. The quantitative estimate of drug-likeness (QED) is 0.395. The van der Waals surface area contributed by atoms with E-state index < -0.39 is 17.9 Å². The molecule has 0 radical (unpaired) electrons. The number of carboxylic acid groups (broad SMARTS) is 1. The monoisotopic (exact) mass is 452 g/mol. The van der Waals surface area contributed by atoms with Crippen LogP contribution >= 0.6 is 0 Å². The van der Waals surface area contributed by atoms with Crippen molar-refractivity contribution < 1.29 is 19.4 Å². The minimum Gasteiger partial charge on any atom is -0.481 e. The van der Waals surface area contributed by atoms with Gasteiger partial charge in [0.2, 0.25) is 5.91 Å². The van der Waals surface area contributed by atoms with E-state index in [1.807, 2.05) is 18.2 Å². The first-order valence-electron chi connectivity index (χ1n) is 11.6. The van der Waals surface area contributed by atoms with Gasteiger partial charge in [0.15, 0.2) is 0 Å². The zero-order valence-electron chi connectivity index (χ0n) is 18.6. The van der Waals surface area contributed by atoms with Crippen LogP contribution in [-0.4, -0.2) is 48.8 Å². The molecule has 2 aromatic rings. The summed E-state index contributed by atoms with van der Waals surface area (Å²) in [7, 11) is 0. The number of nitrogens with one attached hydrogen (secondary N) is 4. The summed E-state index contributed by atoms with van der Waals surface area (Å²) in [5.74, 6) is -1.41. The zero-order valence-corrected chi connectivity index (χ0v) is 18.6. The molecule has 8 heteroatoms. The molecule has 0 saturated carbocycles. The molecule has 2 heterocycles. The summed E-state index contributed by atoms with van der Waals surface area (Å²) in [6.45, 7) is 1.65. The molecule has 8 nitrogen and oxygen atoms in total. The molecule has 2 aromatic carbocycles. The topological polar surface area (TPSA) is 112 Å². The van der Waals surface area contributed by atoms with Gasteiger partial charge >= 0.3 is 5.97 Å². The van der Waals surface area contributed by atoms with Crippen LogP contribution in [0, 0.1) is 11.8 Å². The minimum atomic E-state index is -0.803. The number of hydrogen-bond acceptors (Lipinski definition) is 6. The molecule has 2 aliphatic rings. The lowest BCUT2D eigenvalue weighted by molar-refractivity contribution is -0.146. The third-order valence-electron chi connectivity index (χ3n) is 6.54. The molecule has 1 amide bonds. The van der Waals surface area contributed by atoms with Crippen molar-refractivity contribution in [2.24, 2.45) is 11.8 Å². The highest BCUT2D eigenvalue weighted by molar-refractivity contribution is 5.82. The van der Waals surface area contributed by atoms with E-state index in [4.69, 9.17) is 4.74 Å². The van der Waals surface area contributed by atoms with Gasteiger partial charge in [-0.2, -0.15) is 5.53 Å². The highest BCUT2D eigenvalue weighted by Crippen LogP contribution is 2.29. The molecule has 2 saturated heterocycles. The van der Waals surface area contributed by atoms with E-state index in [0.717, 1.165) is 29.5 Å². The minimum absolute atomic E-state index is 0.0593. The summed E-state index contributed by atoms with van der Waals surface area (Å²) in [5.41, 5.74) is 11.8. The van der Waals surface area contributed by atoms with Crippen molar-refractivity contribution in [2.45, 2.75) is 37.8 Å². The maximum absolute atomic E-state index is 12.8. The van der Waals surface area contributed by atoms with Gasteiger partial charge in [-0.3, -0.25) is 9.59 Å². The molecule has 2 unspecified atom stereocenters. The Bertz CT molecular complexity index is 910. The molecule has 0 spiro atoms. The summed E-state index contributed by atoms with van der Waals surface area (Å²) < 4.78 is 5.43. The fraction of sp³-hybridized carbons (Fsp3) is 0.440. The average Bonchev–Trinajstić information content (AvgIpc) is 3.39. The zero-order chi connectivity index (χ0) is 23.0. The SMILES string of the molecule is O=C(NC(Cc1ccc(-c2ccccc2)cc1)C[C@H](C(=O)O)C1CCOCC1)C1CNNN1. The summed E-state index contributed by atoms with van der Waals surface area (Å²) in [5, 5.41) is 13.1. The first-order valence-corrected chi connectivity index (χ1v) is 11.6. The number of hydrogen-bond donors (Lipinski definition) is 5. The first-order chi connectivity index (χ1) is 16.1. The summed E-state index contributed by atoms with van der Waals surface area (Å²) in [6, 6.07) is 17.7. The van der Waals surface area contributed by atoms with E-state index >= 15 is 0 Å². The van der Waals surface area contributed by atoms with Gasteiger partial charge in [0.05, 0.1) is 5.92 Å². The Balaban J connectivity index is 1.48. The summed E-state index contributed by atoms with van der Waals surface area (Å²) in [4.78, 5) is 24.9. The molecule has 0 aliphatic carbocycles. The van der Waals surface area contributed by atoms with Crippen LogP contribution in [0.3, 0.4) is 0 Å². The van der Waals surface area contributed by atoms with Crippen molar-refractivity contribution in [2.75, 3.05) is 19.8 Å². The number of carbonyl (C=O) groups excluding carboxylic acids is 1. The Morgan fingerprint density at radius 1 is 1.03 bits per heavy atom. The van der Waals surface area contributed by atoms with Crippen molar-refractivity contribution >= 4 is 11.9 Å². The standard InChI is InChI=1S/C25H32N4O4/c30-24(23-16-26-29-28-23)27-21(15-22(25(31)32)20-10-12-33-13-11-20)14-17-6-8-19(9-7-17)18-4-2-1-3-5-18/h1-9,20-23,26,28-29H,10-16H2,(H,27,30)(H,31,32)/t21?,22-,23?/m0/s1. The lowest BCUT2D eigenvalue weighted by Gasteiger charge is -2.31. The number of hydrazine groups is 2. The highest BCUT2D eigenvalue weighted by atomic mass is 16.5. The van der Waals surface area contributed by atoms with Gasteiger partial charge in [-0.1, -0.05) is 54.6 Å². The molecule has 3 atom stereocenters. The molecule has 33 heavy (non-hydrogen) atoms. The van der Waals surface area contributed by atoms with Crippen molar-refractivity contribution in [1.82, 2.24) is 21.7 Å². The van der Waals surface area contributed by atoms with E-state index in [1.165, 1.54) is 0 Å². The lowest BCUT2D eigenvalue weighted by Crippen LogP contribution is -2.49.